The summed E-state index contributed by atoms with van der Waals surface area (Å²) in [5, 5.41) is 9.02. The van der Waals surface area contributed by atoms with Gasteiger partial charge in [-0.25, -0.2) is 8.78 Å². The van der Waals surface area contributed by atoms with E-state index in [1.54, 1.807) is 0 Å². The van der Waals surface area contributed by atoms with Gasteiger partial charge in [-0.1, -0.05) is 6.07 Å². The van der Waals surface area contributed by atoms with Gasteiger partial charge in [0.1, 0.15) is 5.41 Å². The number of carbonyl (C=O) groups is 1. The Balaban J connectivity index is 2.20. The molecule has 1 saturated heterocycles. The summed E-state index contributed by atoms with van der Waals surface area (Å²) in [5.74, 6) is -2.86. The number of carboxylic acids is 1. The molecule has 0 atom stereocenters. The van der Waals surface area contributed by atoms with E-state index in [1.807, 2.05) is 0 Å². The van der Waals surface area contributed by atoms with Crippen molar-refractivity contribution in [3.63, 3.8) is 0 Å². The van der Waals surface area contributed by atoms with Gasteiger partial charge < -0.3 is 9.84 Å². The summed E-state index contributed by atoms with van der Waals surface area (Å²) in [6, 6.07) is 3.42. The Hall–Kier alpha value is -1.49. The van der Waals surface area contributed by atoms with E-state index < -0.39 is 23.0 Å². The zero-order valence-electron chi connectivity index (χ0n) is 8.37. The molecule has 86 valence electrons. The predicted octanol–water partition coefficient (Wildman–Crippen LogP) is 1.61. The number of ether oxygens (including phenoxy) is 1. The van der Waals surface area contributed by atoms with E-state index in [9.17, 15) is 13.6 Å². The Bertz CT molecular complexity index is 427. The van der Waals surface area contributed by atoms with Crippen molar-refractivity contribution in [1.29, 1.82) is 0 Å². The van der Waals surface area contributed by atoms with Crippen LogP contribution in [0.1, 0.15) is 5.56 Å². The molecule has 1 aliphatic rings. The van der Waals surface area contributed by atoms with Crippen molar-refractivity contribution >= 4 is 5.97 Å². The minimum absolute atomic E-state index is 0.112. The highest BCUT2D eigenvalue weighted by molar-refractivity contribution is 5.76. The van der Waals surface area contributed by atoms with Gasteiger partial charge in [-0.2, -0.15) is 0 Å². The maximum atomic E-state index is 12.9. The van der Waals surface area contributed by atoms with Crippen LogP contribution in [0.15, 0.2) is 18.2 Å². The number of halogens is 2. The number of carboxylic acid groups (broad SMARTS) is 1. The maximum Gasteiger partial charge on any atom is 0.314 e. The quantitative estimate of drug-likeness (QED) is 0.854. The molecule has 2 rings (SSSR count). The first kappa shape index (κ1) is 11.0. The van der Waals surface area contributed by atoms with Crippen molar-refractivity contribution < 1.29 is 23.4 Å². The molecule has 0 radical (unpaired) electrons. The second kappa shape index (κ2) is 3.83. The van der Waals surface area contributed by atoms with Gasteiger partial charge in [0.25, 0.3) is 0 Å². The van der Waals surface area contributed by atoms with E-state index in [2.05, 4.69) is 0 Å². The Morgan fingerprint density at radius 1 is 1.38 bits per heavy atom. The molecule has 0 bridgehead atoms. The number of benzene rings is 1. The monoisotopic (exact) mass is 228 g/mol. The molecule has 0 amide bonds. The molecule has 1 N–H and O–H groups in total. The van der Waals surface area contributed by atoms with E-state index in [1.165, 1.54) is 6.07 Å². The molecule has 1 heterocycles. The molecule has 0 spiro atoms. The van der Waals surface area contributed by atoms with E-state index in [-0.39, 0.29) is 19.6 Å². The van der Waals surface area contributed by atoms with Gasteiger partial charge in [0.2, 0.25) is 0 Å². The average Bonchev–Trinajstić information content (AvgIpc) is 2.16. The minimum Gasteiger partial charge on any atom is -0.481 e. The van der Waals surface area contributed by atoms with Crippen molar-refractivity contribution in [3.8, 4) is 0 Å². The van der Waals surface area contributed by atoms with Crippen molar-refractivity contribution in [2.45, 2.75) is 6.42 Å². The summed E-state index contributed by atoms with van der Waals surface area (Å²) in [5.41, 5.74) is -0.519. The first-order chi connectivity index (χ1) is 7.53. The van der Waals surface area contributed by atoms with Crippen LogP contribution in [0.3, 0.4) is 0 Å². The van der Waals surface area contributed by atoms with Gasteiger partial charge in [0.05, 0.1) is 13.2 Å². The number of hydrogen-bond donors (Lipinski definition) is 1. The molecule has 0 aromatic heterocycles. The first-order valence-corrected chi connectivity index (χ1v) is 4.79. The van der Waals surface area contributed by atoms with Crippen LogP contribution in [0.4, 0.5) is 8.78 Å². The Morgan fingerprint density at radius 3 is 2.50 bits per heavy atom. The van der Waals surface area contributed by atoms with Crippen LogP contribution in [-0.2, 0) is 16.0 Å². The fourth-order valence-corrected chi connectivity index (χ4v) is 1.69. The predicted molar refractivity (Wildman–Crippen MR) is 50.9 cm³/mol. The second-order valence-corrected chi connectivity index (χ2v) is 4.00. The maximum absolute atomic E-state index is 12.9. The molecular formula is C11H10F2O3. The van der Waals surface area contributed by atoms with Crippen LogP contribution < -0.4 is 0 Å². The van der Waals surface area contributed by atoms with Gasteiger partial charge in [-0.15, -0.1) is 0 Å². The summed E-state index contributed by atoms with van der Waals surface area (Å²) in [4.78, 5) is 11.0. The second-order valence-electron chi connectivity index (χ2n) is 4.00. The highest BCUT2D eigenvalue weighted by Crippen LogP contribution is 2.32. The van der Waals surface area contributed by atoms with Gasteiger partial charge in [0, 0.05) is 0 Å². The third-order valence-electron chi connectivity index (χ3n) is 2.74. The van der Waals surface area contributed by atoms with Crippen LogP contribution in [-0.4, -0.2) is 24.3 Å². The lowest BCUT2D eigenvalue weighted by Gasteiger charge is -2.37. The molecular weight excluding hydrogens is 218 g/mol. The summed E-state index contributed by atoms with van der Waals surface area (Å²) in [7, 11) is 0. The molecule has 0 aliphatic carbocycles. The molecule has 0 saturated carbocycles. The van der Waals surface area contributed by atoms with Crippen LogP contribution in [0, 0.1) is 17.0 Å². The summed E-state index contributed by atoms with van der Waals surface area (Å²) in [6.07, 6.45) is 0.152. The van der Waals surface area contributed by atoms with Crippen molar-refractivity contribution in [2.24, 2.45) is 5.41 Å². The number of aliphatic carboxylic acids is 1. The molecule has 5 heteroatoms. The highest BCUT2D eigenvalue weighted by atomic mass is 19.2. The van der Waals surface area contributed by atoms with Crippen molar-refractivity contribution in [2.75, 3.05) is 13.2 Å². The van der Waals surface area contributed by atoms with Crippen molar-refractivity contribution in [3.05, 3.63) is 35.4 Å². The van der Waals surface area contributed by atoms with Crippen molar-refractivity contribution in [1.82, 2.24) is 0 Å². The van der Waals surface area contributed by atoms with Gasteiger partial charge in [-0.3, -0.25) is 4.79 Å². The number of rotatable bonds is 3. The zero-order chi connectivity index (χ0) is 11.8. The lowest BCUT2D eigenvalue weighted by atomic mass is 9.80. The van der Waals surface area contributed by atoms with E-state index in [0.717, 1.165) is 12.1 Å². The topological polar surface area (TPSA) is 46.5 Å². The SMILES string of the molecule is O=C(O)C1(Cc2ccc(F)c(F)c2)COC1. The fraction of sp³-hybridized carbons (Fsp3) is 0.364. The smallest absolute Gasteiger partial charge is 0.314 e. The van der Waals surface area contributed by atoms with E-state index in [4.69, 9.17) is 9.84 Å². The molecule has 0 unspecified atom stereocenters. The van der Waals surface area contributed by atoms with Crippen LogP contribution in [0.5, 0.6) is 0 Å². The van der Waals surface area contributed by atoms with Gasteiger partial charge in [0.15, 0.2) is 11.6 Å². The molecule has 1 aromatic rings. The Kier molecular flexibility index (Phi) is 2.63. The fourth-order valence-electron chi connectivity index (χ4n) is 1.69. The standard InChI is InChI=1S/C11H10F2O3/c12-8-2-1-7(3-9(8)13)4-11(10(14)15)5-16-6-11/h1-3H,4-6H2,(H,14,15). The van der Waals surface area contributed by atoms with Crippen LogP contribution in [0.2, 0.25) is 0 Å². The largest absolute Gasteiger partial charge is 0.481 e. The lowest BCUT2D eigenvalue weighted by molar-refractivity contribution is -0.179. The average molecular weight is 228 g/mol. The molecule has 1 aliphatic heterocycles. The Labute approximate surface area is 90.7 Å². The van der Waals surface area contributed by atoms with Crippen LogP contribution >= 0.6 is 0 Å². The highest BCUT2D eigenvalue weighted by Gasteiger charge is 2.46. The minimum atomic E-state index is -0.982. The Morgan fingerprint density at radius 2 is 2.06 bits per heavy atom. The molecule has 1 fully saturated rings. The summed E-state index contributed by atoms with van der Waals surface area (Å²) in [6.45, 7) is 0.225. The third-order valence-corrected chi connectivity index (χ3v) is 2.74. The third kappa shape index (κ3) is 1.78. The van der Waals surface area contributed by atoms with Gasteiger partial charge >= 0.3 is 5.97 Å². The van der Waals surface area contributed by atoms with Gasteiger partial charge in [-0.05, 0) is 24.1 Å². The molecule has 16 heavy (non-hydrogen) atoms. The van der Waals surface area contributed by atoms with Crippen LogP contribution in [0.25, 0.3) is 0 Å². The van der Waals surface area contributed by atoms with E-state index >= 15 is 0 Å². The van der Waals surface area contributed by atoms with E-state index in [0.29, 0.717) is 5.56 Å². The summed E-state index contributed by atoms with van der Waals surface area (Å²) >= 11 is 0. The normalized spacial score (nSPS) is 17.9. The summed E-state index contributed by atoms with van der Waals surface area (Å²) < 4.78 is 30.5. The lowest BCUT2D eigenvalue weighted by Crippen LogP contribution is -2.50. The number of hydrogen-bond acceptors (Lipinski definition) is 2. The zero-order valence-corrected chi connectivity index (χ0v) is 8.37. The molecule has 3 nitrogen and oxygen atoms in total. The molecule has 1 aromatic carbocycles. The first-order valence-electron chi connectivity index (χ1n) is 4.79.